The summed E-state index contributed by atoms with van der Waals surface area (Å²) in [6.07, 6.45) is 1.74. The predicted octanol–water partition coefficient (Wildman–Crippen LogP) is 1.95. The van der Waals surface area contributed by atoms with Gasteiger partial charge in [-0.25, -0.2) is 9.97 Å². The molecule has 13 heavy (non-hydrogen) atoms. The van der Waals surface area contributed by atoms with Crippen LogP contribution in [0.2, 0.25) is 0 Å². The standard InChI is InChI=1S/C10H10N2O/c1-7-6-11-10-8(12-7)4-3-5-9(10)13-2/h3-6H,1-2H3. The van der Waals surface area contributed by atoms with Gasteiger partial charge in [-0.3, -0.25) is 0 Å². The van der Waals surface area contributed by atoms with Crippen molar-refractivity contribution in [2.45, 2.75) is 6.92 Å². The minimum atomic E-state index is 0.769. The van der Waals surface area contributed by atoms with Gasteiger partial charge in [-0.2, -0.15) is 0 Å². The third-order valence-corrected chi connectivity index (χ3v) is 1.87. The Hall–Kier alpha value is -1.64. The summed E-state index contributed by atoms with van der Waals surface area (Å²) in [5.74, 6) is 0.769. The third kappa shape index (κ3) is 1.33. The molecule has 3 nitrogen and oxygen atoms in total. The largest absolute Gasteiger partial charge is 0.494 e. The Labute approximate surface area is 76.4 Å². The first-order chi connectivity index (χ1) is 6.31. The van der Waals surface area contributed by atoms with E-state index in [1.165, 1.54) is 0 Å². The Morgan fingerprint density at radius 2 is 2.15 bits per heavy atom. The molecule has 0 spiro atoms. The number of para-hydroxylation sites is 1. The summed E-state index contributed by atoms with van der Waals surface area (Å²) in [6, 6.07) is 5.72. The molecule has 3 heteroatoms. The van der Waals surface area contributed by atoms with Crippen LogP contribution in [0.1, 0.15) is 5.69 Å². The van der Waals surface area contributed by atoms with Crippen LogP contribution in [0.5, 0.6) is 5.75 Å². The van der Waals surface area contributed by atoms with Crippen LogP contribution in [0.15, 0.2) is 24.4 Å². The number of aryl methyl sites for hydroxylation is 1. The van der Waals surface area contributed by atoms with Crippen LogP contribution in [-0.2, 0) is 0 Å². The van der Waals surface area contributed by atoms with Crippen LogP contribution in [0.25, 0.3) is 11.0 Å². The van der Waals surface area contributed by atoms with Gasteiger partial charge in [0.15, 0.2) is 0 Å². The maximum absolute atomic E-state index is 5.16. The van der Waals surface area contributed by atoms with Crippen LogP contribution in [0.4, 0.5) is 0 Å². The quantitative estimate of drug-likeness (QED) is 0.662. The molecule has 0 bridgehead atoms. The topological polar surface area (TPSA) is 35.0 Å². The van der Waals surface area contributed by atoms with Crippen molar-refractivity contribution in [2.75, 3.05) is 7.11 Å². The molecular formula is C10H10N2O. The Balaban J connectivity index is 2.77. The molecule has 0 saturated carbocycles. The summed E-state index contributed by atoms with van der Waals surface area (Å²) in [4.78, 5) is 8.61. The number of hydrogen-bond donors (Lipinski definition) is 0. The highest BCUT2D eigenvalue weighted by Gasteiger charge is 2.02. The molecule has 0 aliphatic carbocycles. The highest BCUT2D eigenvalue weighted by atomic mass is 16.5. The van der Waals surface area contributed by atoms with E-state index in [0.29, 0.717) is 0 Å². The van der Waals surface area contributed by atoms with Crippen molar-refractivity contribution in [3.8, 4) is 5.75 Å². The molecule has 0 amide bonds. The zero-order chi connectivity index (χ0) is 9.26. The molecule has 2 rings (SSSR count). The molecule has 0 unspecified atom stereocenters. The lowest BCUT2D eigenvalue weighted by molar-refractivity contribution is 0.419. The van der Waals surface area contributed by atoms with E-state index in [1.54, 1.807) is 13.3 Å². The maximum Gasteiger partial charge on any atom is 0.146 e. The summed E-state index contributed by atoms with van der Waals surface area (Å²) < 4.78 is 5.16. The predicted molar refractivity (Wildman–Crippen MR) is 50.8 cm³/mol. The van der Waals surface area contributed by atoms with E-state index in [0.717, 1.165) is 22.5 Å². The number of fused-ring (bicyclic) bond motifs is 1. The molecule has 0 N–H and O–H groups in total. The van der Waals surface area contributed by atoms with Crippen LogP contribution in [0.3, 0.4) is 0 Å². The first-order valence-electron chi connectivity index (χ1n) is 4.07. The maximum atomic E-state index is 5.16. The van der Waals surface area contributed by atoms with Gasteiger partial charge >= 0.3 is 0 Å². The summed E-state index contributed by atoms with van der Waals surface area (Å²) >= 11 is 0. The minimum Gasteiger partial charge on any atom is -0.494 e. The van der Waals surface area contributed by atoms with Gasteiger partial charge in [0.25, 0.3) is 0 Å². The van der Waals surface area contributed by atoms with Crippen molar-refractivity contribution in [2.24, 2.45) is 0 Å². The molecule has 1 aromatic carbocycles. The molecule has 1 aromatic heterocycles. The van der Waals surface area contributed by atoms with Crippen LogP contribution in [0, 0.1) is 6.92 Å². The Bertz CT molecular complexity index is 440. The summed E-state index contributed by atoms with van der Waals surface area (Å²) in [5, 5.41) is 0. The molecular weight excluding hydrogens is 164 g/mol. The van der Waals surface area contributed by atoms with E-state index in [4.69, 9.17) is 4.74 Å². The minimum absolute atomic E-state index is 0.769. The van der Waals surface area contributed by atoms with Crippen LogP contribution in [-0.4, -0.2) is 17.1 Å². The van der Waals surface area contributed by atoms with E-state index in [9.17, 15) is 0 Å². The summed E-state index contributed by atoms with van der Waals surface area (Å²) in [7, 11) is 1.64. The van der Waals surface area contributed by atoms with Crippen molar-refractivity contribution in [3.05, 3.63) is 30.1 Å². The monoisotopic (exact) mass is 174 g/mol. The lowest BCUT2D eigenvalue weighted by Crippen LogP contribution is -1.90. The number of nitrogens with zero attached hydrogens (tertiary/aromatic N) is 2. The van der Waals surface area contributed by atoms with Gasteiger partial charge in [-0.1, -0.05) is 6.07 Å². The van der Waals surface area contributed by atoms with Crippen LogP contribution >= 0.6 is 0 Å². The van der Waals surface area contributed by atoms with Crippen LogP contribution < -0.4 is 4.74 Å². The van der Waals surface area contributed by atoms with Gasteiger partial charge in [0.1, 0.15) is 11.3 Å². The molecule has 0 fully saturated rings. The second kappa shape index (κ2) is 3.01. The number of ether oxygens (including phenoxy) is 1. The molecule has 0 saturated heterocycles. The molecule has 0 atom stereocenters. The van der Waals surface area contributed by atoms with Gasteiger partial charge in [-0.15, -0.1) is 0 Å². The highest BCUT2D eigenvalue weighted by molar-refractivity contribution is 5.80. The summed E-state index contributed by atoms with van der Waals surface area (Å²) in [5.41, 5.74) is 2.61. The Morgan fingerprint density at radius 1 is 1.31 bits per heavy atom. The molecule has 0 aliphatic rings. The fourth-order valence-electron chi connectivity index (χ4n) is 1.27. The lowest BCUT2D eigenvalue weighted by Gasteiger charge is -2.03. The lowest BCUT2D eigenvalue weighted by atomic mass is 10.2. The zero-order valence-electron chi connectivity index (χ0n) is 7.61. The molecule has 2 aromatic rings. The first kappa shape index (κ1) is 7.98. The van der Waals surface area contributed by atoms with Gasteiger partial charge in [0, 0.05) is 6.20 Å². The SMILES string of the molecule is COc1cccc2nc(C)cnc12. The van der Waals surface area contributed by atoms with E-state index < -0.39 is 0 Å². The molecule has 66 valence electrons. The average Bonchev–Trinajstić information content (AvgIpc) is 2.16. The molecule has 0 aliphatic heterocycles. The second-order valence-corrected chi connectivity index (χ2v) is 2.84. The molecule has 1 heterocycles. The van der Waals surface area contributed by atoms with E-state index in [2.05, 4.69) is 9.97 Å². The van der Waals surface area contributed by atoms with Gasteiger partial charge < -0.3 is 4.74 Å². The third-order valence-electron chi connectivity index (χ3n) is 1.87. The fourth-order valence-corrected chi connectivity index (χ4v) is 1.27. The number of benzene rings is 1. The van der Waals surface area contributed by atoms with Crippen molar-refractivity contribution >= 4 is 11.0 Å². The van der Waals surface area contributed by atoms with Crippen molar-refractivity contribution in [1.29, 1.82) is 0 Å². The number of rotatable bonds is 1. The van der Waals surface area contributed by atoms with Gasteiger partial charge in [0.2, 0.25) is 0 Å². The summed E-state index contributed by atoms with van der Waals surface area (Å²) in [6.45, 7) is 1.92. The highest BCUT2D eigenvalue weighted by Crippen LogP contribution is 2.21. The van der Waals surface area contributed by atoms with Gasteiger partial charge in [0.05, 0.1) is 18.3 Å². The van der Waals surface area contributed by atoms with E-state index in [1.807, 2.05) is 25.1 Å². The fraction of sp³-hybridized carbons (Fsp3) is 0.200. The van der Waals surface area contributed by atoms with Crippen molar-refractivity contribution in [1.82, 2.24) is 9.97 Å². The average molecular weight is 174 g/mol. The second-order valence-electron chi connectivity index (χ2n) is 2.84. The van der Waals surface area contributed by atoms with Gasteiger partial charge in [-0.05, 0) is 19.1 Å². The van der Waals surface area contributed by atoms with Crippen molar-refractivity contribution < 1.29 is 4.74 Å². The van der Waals surface area contributed by atoms with E-state index >= 15 is 0 Å². The smallest absolute Gasteiger partial charge is 0.146 e. The molecule has 0 radical (unpaired) electrons. The van der Waals surface area contributed by atoms with Crippen molar-refractivity contribution in [3.63, 3.8) is 0 Å². The number of methoxy groups -OCH3 is 1. The first-order valence-corrected chi connectivity index (χ1v) is 4.07. The Kier molecular flexibility index (Phi) is 1.85. The normalized spacial score (nSPS) is 10.3. The zero-order valence-corrected chi connectivity index (χ0v) is 7.61. The van der Waals surface area contributed by atoms with E-state index in [-0.39, 0.29) is 0 Å². The Morgan fingerprint density at radius 3 is 2.92 bits per heavy atom. The number of hydrogen-bond acceptors (Lipinski definition) is 3. The number of aromatic nitrogens is 2.